The summed E-state index contributed by atoms with van der Waals surface area (Å²) in [6, 6.07) is -0.408. The van der Waals surface area contributed by atoms with E-state index in [1.54, 1.807) is 0 Å². The van der Waals surface area contributed by atoms with Crippen LogP contribution in [0.5, 0.6) is 0 Å². The van der Waals surface area contributed by atoms with E-state index in [0.717, 1.165) is 18.9 Å². The number of carbonyl (C=O) groups is 1. The molecule has 1 saturated carbocycles. The Morgan fingerprint density at radius 3 is 2.47 bits per heavy atom. The molecule has 1 rings (SSSR count). The molecule has 100 valence electrons. The predicted molar refractivity (Wildman–Crippen MR) is 71.6 cm³/mol. The minimum atomic E-state index is -0.408. The topological polar surface area (TPSA) is 55.1 Å². The van der Waals surface area contributed by atoms with Crippen molar-refractivity contribution < 1.29 is 4.79 Å². The smallest absolute Gasteiger partial charge is 0.237 e. The van der Waals surface area contributed by atoms with Gasteiger partial charge in [0.15, 0.2) is 0 Å². The van der Waals surface area contributed by atoms with E-state index in [2.05, 4.69) is 5.32 Å². The van der Waals surface area contributed by atoms with E-state index in [0.29, 0.717) is 0 Å². The maximum absolute atomic E-state index is 11.7. The Hall–Kier alpha value is -0.570. The lowest BCUT2D eigenvalue weighted by atomic mass is 9.87. The average molecular weight is 240 g/mol. The van der Waals surface area contributed by atoms with Crippen LogP contribution in [0.15, 0.2) is 0 Å². The van der Waals surface area contributed by atoms with Gasteiger partial charge in [0.2, 0.25) is 5.91 Å². The number of nitrogens with one attached hydrogen (secondary N) is 1. The van der Waals surface area contributed by atoms with Crippen molar-refractivity contribution in [1.29, 1.82) is 0 Å². The van der Waals surface area contributed by atoms with E-state index in [1.807, 2.05) is 20.8 Å². The molecule has 0 aromatic heterocycles. The van der Waals surface area contributed by atoms with Gasteiger partial charge >= 0.3 is 0 Å². The van der Waals surface area contributed by atoms with Gasteiger partial charge in [0.25, 0.3) is 0 Å². The zero-order valence-corrected chi connectivity index (χ0v) is 11.6. The van der Waals surface area contributed by atoms with Crippen LogP contribution in [0.2, 0.25) is 0 Å². The van der Waals surface area contributed by atoms with Gasteiger partial charge < -0.3 is 11.1 Å². The molecular formula is C14H28N2O. The normalized spacial score (nSPS) is 19.3. The van der Waals surface area contributed by atoms with Gasteiger partial charge in [-0.1, -0.05) is 46.5 Å². The second-order valence-corrected chi connectivity index (χ2v) is 6.43. The van der Waals surface area contributed by atoms with E-state index in [-0.39, 0.29) is 11.3 Å². The van der Waals surface area contributed by atoms with E-state index in [1.165, 1.54) is 32.1 Å². The van der Waals surface area contributed by atoms with E-state index in [9.17, 15) is 4.79 Å². The fraction of sp³-hybridized carbons (Fsp3) is 0.929. The molecule has 1 aliphatic rings. The molecule has 0 heterocycles. The molecule has 1 atom stereocenters. The molecule has 3 N–H and O–H groups in total. The highest BCUT2D eigenvalue weighted by atomic mass is 16.2. The summed E-state index contributed by atoms with van der Waals surface area (Å²) in [6.45, 7) is 6.76. The van der Waals surface area contributed by atoms with Gasteiger partial charge in [-0.25, -0.2) is 0 Å². The molecule has 0 bridgehead atoms. The second kappa shape index (κ2) is 6.39. The molecule has 17 heavy (non-hydrogen) atoms. The van der Waals surface area contributed by atoms with Crippen molar-refractivity contribution in [3.63, 3.8) is 0 Å². The average Bonchev–Trinajstić information content (AvgIpc) is 2.74. The highest BCUT2D eigenvalue weighted by Gasteiger charge is 2.27. The van der Waals surface area contributed by atoms with Crippen molar-refractivity contribution in [2.24, 2.45) is 17.1 Å². The number of carbonyl (C=O) groups excluding carboxylic acids is 1. The van der Waals surface area contributed by atoms with E-state index in [4.69, 9.17) is 5.73 Å². The Morgan fingerprint density at radius 1 is 1.35 bits per heavy atom. The monoisotopic (exact) mass is 240 g/mol. The maximum Gasteiger partial charge on any atom is 0.237 e. The highest BCUT2D eigenvalue weighted by molar-refractivity contribution is 5.82. The molecule has 3 heteroatoms. The number of rotatable bonds is 5. The van der Waals surface area contributed by atoms with Gasteiger partial charge in [-0.3, -0.25) is 4.79 Å². The van der Waals surface area contributed by atoms with Gasteiger partial charge in [0.1, 0.15) is 0 Å². The van der Waals surface area contributed by atoms with Gasteiger partial charge in [-0.15, -0.1) is 0 Å². The molecule has 0 spiro atoms. The second-order valence-electron chi connectivity index (χ2n) is 6.43. The third-order valence-electron chi connectivity index (χ3n) is 3.78. The summed E-state index contributed by atoms with van der Waals surface area (Å²) >= 11 is 0. The van der Waals surface area contributed by atoms with Gasteiger partial charge in [0.05, 0.1) is 6.04 Å². The number of nitrogens with two attached hydrogens (primary N) is 1. The first-order chi connectivity index (χ1) is 7.91. The van der Waals surface area contributed by atoms with Crippen molar-refractivity contribution in [3.05, 3.63) is 0 Å². The van der Waals surface area contributed by atoms with Crippen LogP contribution in [-0.2, 0) is 4.79 Å². The maximum atomic E-state index is 11.7. The fourth-order valence-corrected chi connectivity index (χ4v) is 2.40. The molecule has 0 aliphatic heterocycles. The summed E-state index contributed by atoms with van der Waals surface area (Å²) in [6.07, 6.45) is 7.90. The molecule has 1 fully saturated rings. The molecule has 0 radical (unpaired) electrons. The minimum absolute atomic E-state index is 0.0103. The SMILES string of the molecule is CC(C)(C)[C@H](N)C(=O)NCCCC1CCCC1. The van der Waals surface area contributed by atoms with Gasteiger partial charge in [0, 0.05) is 6.54 Å². The molecule has 3 nitrogen and oxygen atoms in total. The largest absolute Gasteiger partial charge is 0.355 e. The lowest BCUT2D eigenvalue weighted by Crippen LogP contribution is -2.48. The zero-order valence-electron chi connectivity index (χ0n) is 11.6. The first-order valence-electron chi connectivity index (χ1n) is 6.94. The van der Waals surface area contributed by atoms with Crippen LogP contribution in [0, 0.1) is 11.3 Å². The Morgan fingerprint density at radius 2 is 1.94 bits per heavy atom. The summed E-state index contributed by atoms with van der Waals surface area (Å²) in [4.78, 5) is 11.7. The van der Waals surface area contributed by atoms with Crippen molar-refractivity contribution in [3.8, 4) is 0 Å². The summed E-state index contributed by atoms with van der Waals surface area (Å²) in [5.74, 6) is 0.895. The van der Waals surface area contributed by atoms with Crippen LogP contribution < -0.4 is 11.1 Å². The summed E-state index contributed by atoms with van der Waals surface area (Å²) in [7, 11) is 0. The van der Waals surface area contributed by atoms with Crippen LogP contribution in [0.25, 0.3) is 0 Å². The number of hydrogen-bond donors (Lipinski definition) is 2. The van der Waals surface area contributed by atoms with Crippen molar-refractivity contribution >= 4 is 5.91 Å². The Labute approximate surface area is 106 Å². The molecule has 1 amide bonds. The summed E-state index contributed by atoms with van der Waals surface area (Å²) < 4.78 is 0. The number of hydrogen-bond acceptors (Lipinski definition) is 2. The van der Waals surface area contributed by atoms with Crippen LogP contribution >= 0.6 is 0 Å². The first kappa shape index (κ1) is 14.5. The number of amides is 1. The van der Waals surface area contributed by atoms with Crippen molar-refractivity contribution in [1.82, 2.24) is 5.32 Å². The fourth-order valence-electron chi connectivity index (χ4n) is 2.40. The Bertz CT molecular complexity index is 239. The Balaban J connectivity index is 2.11. The predicted octanol–water partition coefficient (Wildman–Crippen LogP) is 2.45. The van der Waals surface area contributed by atoms with Crippen LogP contribution in [0.1, 0.15) is 59.3 Å². The Kier molecular flexibility index (Phi) is 5.44. The molecule has 0 saturated heterocycles. The first-order valence-corrected chi connectivity index (χ1v) is 6.94. The highest BCUT2D eigenvalue weighted by Crippen LogP contribution is 2.28. The molecular weight excluding hydrogens is 212 g/mol. The minimum Gasteiger partial charge on any atom is -0.355 e. The molecule has 0 aromatic rings. The van der Waals surface area contributed by atoms with Crippen molar-refractivity contribution in [2.75, 3.05) is 6.54 Å². The van der Waals surface area contributed by atoms with Crippen LogP contribution in [0.4, 0.5) is 0 Å². The van der Waals surface area contributed by atoms with Crippen LogP contribution in [-0.4, -0.2) is 18.5 Å². The van der Waals surface area contributed by atoms with Crippen LogP contribution in [0.3, 0.4) is 0 Å². The zero-order chi connectivity index (χ0) is 12.9. The summed E-state index contributed by atoms with van der Waals surface area (Å²) in [5, 5.41) is 2.95. The molecule has 0 unspecified atom stereocenters. The molecule has 0 aromatic carbocycles. The third-order valence-corrected chi connectivity index (χ3v) is 3.78. The lowest BCUT2D eigenvalue weighted by Gasteiger charge is -2.25. The van der Waals surface area contributed by atoms with Gasteiger partial charge in [-0.2, -0.15) is 0 Å². The van der Waals surface area contributed by atoms with E-state index >= 15 is 0 Å². The lowest BCUT2D eigenvalue weighted by molar-refractivity contribution is -0.124. The van der Waals surface area contributed by atoms with Gasteiger partial charge in [-0.05, 0) is 24.2 Å². The standard InChI is InChI=1S/C14H28N2O/c1-14(2,3)12(15)13(17)16-10-6-9-11-7-4-5-8-11/h11-12H,4-10,15H2,1-3H3,(H,16,17)/t12-/m1/s1. The van der Waals surface area contributed by atoms with Crippen molar-refractivity contribution in [2.45, 2.75) is 65.3 Å². The quantitative estimate of drug-likeness (QED) is 0.725. The third kappa shape index (κ3) is 5.07. The molecule has 1 aliphatic carbocycles. The van der Waals surface area contributed by atoms with E-state index < -0.39 is 6.04 Å². The summed E-state index contributed by atoms with van der Waals surface area (Å²) in [5.41, 5.74) is 5.73.